The van der Waals surface area contributed by atoms with Gasteiger partial charge in [0, 0.05) is 30.8 Å². The van der Waals surface area contributed by atoms with Crippen LogP contribution in [0.2, 0.25) is 0 Å². The van der Waals surface area contributed by atoms with E-state index in [0.29, 0.717) is 42.3 Å². The number of nitrogens with one attached hydrogen (secondary N) is 1. The van der Waals surface area contributed by atoms with Crippen LogP contribution in [0.1, 0.15) is 28.5 Å². The molecule has 0 saturated carbocycles. The summed E-state index contributed by atoms with van der Waals surface area (Å²) in [5.74, 6) is -0.399. The second kappa shape index (κ2) is 6.68. The van der Waals surface area contributed by atoms with Gasteiger partial charge in [-0.2, -0.15) is 5.10 Å². The van der Waals surface area contributed by atoms with Crippen LogP contribution in [0.4, 0.5) is 0 Å². The number of aromatic nitrogens is 2. The zero-order valence-electron chi connectivity index (χ0n) is 15.4. The number of hydrogen-bond donors (Lipinski definition) is 1. The van der Waals surface area contributed by atoms with Gasteiger partial charge in [0.25, 0.3) is 5.91 Å². The van der Waals surface area contributed by atoms with Crippen LogP contribution in [0.15, 0.2) is 29.2 Å². The predicted molar refractivity (Wildman–Crippen MR) is 102 cm³/mol. The number of morpholine rings is 1. The van der Waals surface area contributed by atoms with Gasteiger partial charge in [-0.05, 0) is 19.0 Å². The normalized spacial score (nSPS) is 23.3. The van der Waals surface area contributed by atoms with E-state index in [1.54, 1.807) is 17.0 Å². The molecule has 9 heteroatoms. The first-order valence-corrected chi connectivity index (χ1v) is 11.2. The van der Waals surface area contributed by atoms with Gasteiger partial charge in [-0.3, -0.25) is 9.48 Å². The number of fused-ring (bicyclic) bond motifs is 3. The van der Waals surface area contributed by atoms with E-state index in [0.717, 1.165) is 25.2 Å². The zero-order chi connectivity index (χ0) is 19.3. The molecular formula is C19H22N4O4S. The second-order valence-corrected chi connectivity index (χ2v) is 9.38. The SMILES string of the molecule is O=C(c1nn(C2CCNC2)c2c1CS(=O)(=O)c1ccccc1-2)N1CCOCC1. The molecule has 0 radical (unpaired) electrons. The van der Waals surface area contributed by atoms with Gasteiger partial charge in [0.05, 0.1) is 35.6 Å². The van der Waals surface area contributed by atoms with Crippen LogP contribution >= 0.6 is 0 Å². The Balaban J connectivity index is 1.70. The highest BCUT2D eigenvalue weighted by atomic mass is 32.2. The van der Waals surface area contributed by atoms with Gasteiger partial charge >= 0.3 is 0 Å². The molecule has 8 nitrogen and oxygen atoms in total. The number of amides is 1. The van der Waals surface area contributed by atoms with Crippen LogP contribution in [-0.4, -0.2) is 68.4 Å². The van der Waals surface area contributed by atoms with Crippen LogP contribution in [0.5, 0.6) is 0 Å². The van der Waals surface area contributed by atoms with E-state index in [-0.39, 0.29) is 23.4 Å². The highest BCUT2D eigenvalue weighted by Gasteiger charge is 2.38. The molecule has 2 aromatic rings. The average molecular weight is 402 g/mol. The van der Waals surface area contributed by atoms with E-state index in [1.165, 1.54) is 0 Å². The third-order valence-corrected chi connectivity index (χ3v) is 7.40. The molecule has 0 bridgehead atoms. The first-order chi connectivity index (χ1) is 13.6. The summed E-state index contributed by atoms with van der Waals surface area (Å²) < 4.78 is 33.1. The van der Waals surface area contributed by atoms with E-state index >= 15 is 0 Å². The number of sulfone groups is 1. The number of nitrogens with zero attached hydrogens (tertiary/aromatic N) is 3. The fourth-order valence-electron chi connectivity index (χ4n) is 4.29. The molecule has 3 aliphatic rings. The van der Waals surface area contributed by atoms with Gasteiger partial charge in [0.1, 0.15) is 0 Å². The summed E-state index contributed by atoms with van der Waals surface area (Å²) >= 11 is 0. The lowest BCUT2D eigenvalue weighted by Gasteiger charge is -2.26. The monoisotopic (exact) mass is 402 g/mol. The number of hydrogen-bond acceptors (Lipinski definition) is 6. The number of carbonyl (C=O) groups is 1. The van der Waals surface area contributed by atoms with E-state index in [2.05, 4.69) is 5.32 Å². The molecule has 1 unspecified atom stereocenters. The maximum atomic E-state index is 13.2. The van der Waals surface area contributed by atoms with Crippen molar-refractivity contribution in [3.05, 3.63) is 35.5 Å². The Bertz CT molecular complexity index is 1030. The topological polar surface area (TPSA) is 93.5 Å². The summed E-state index contributed by atoms with van der Waals surface area (Å²) in [4.78, 5) is 15.2. The smallest absolute Gasteiger partial charge is 0.274 e. The summed E-state index contributed by atoms with van der Waals surface area (Å²) in [6.45, 7) is 3.61. The Hall–Kier alpha value is -2.23. The van der Waals surface area contributed by atoms with Crippen molar-refractivity contribution in [3.8, 4) is 11.3 Å². The number of rotatable bonds is 2. The molecule has 2 fully saturated rings. The van der Waals surface area contributed by atoms with E-state index in [1.807, 2.05) is 16.8 Å². The summed E-state index contributed by atoms with van der Waals surface area (Å²) in [5, 5.41) is 8.02. The summed E-state index contributed by atoms with van der Waals surface area (Å²) in [6.07, 6.45) is 0.897. The molecule has 28 heavy (non-hydrogen) atoms. The molecule has 3 aliphatic heterocycles. The Morgan fingerprint density at radius 3 is 2.75 bits per heavy atom. The van der Waals surface area contributed by atoms with Crippen LogP contribution in [-0.2, 0) is 20.3 Å². The molecule has 2 saturated heterocycles. The second-order valence-electron chi connectivity index (χ2n) is 7.43. The van der Waals surface area contributed by atoms with Crippen molar-refractivity contribution in [2.24, 2.45) is 0 Å². The third-order valence-electron chi connectivity index (χ3n) is 5.70. The molecule has 148 valence electrons. The van der Waals surface area contributed by atoms with Crippen LogP contribution in [0.3, 0.4) is 0 Å². The molecule has 5 rings (SSSR count). The lowest BCUT2D eigenvalue weighted by atomic mass is 10.0. The van der Waals surface area contributed by atoms with Crippen LogP contribution in [0.25, 0.3) is 11.3 Å². The molecule has 1 amide bonds. The number of ether oxygens (including phenoxy) is 1. The Labute approximate surface area is 163 Å². The minimum Gasteiger partial charge on any atom is -0.378 e. The molecule has 1 atom stereocenters. The van der Waals surface area contributed by atoms with Crippen molar-refractivity contribution in [2.45, 2.75) is 23.1 Å². The number of carbonyl (C=O) groups excluding carboxylic acids is 1. The fourth-order valence-corrected chi connectivity index (χ4v) is 5.89. The van der Waals surface area contributed by atoms with Gasteiger partial charge in [0.15, 0.2) is 15.5 Å². The zero-order valence-corrected chi connectivity index (χ0v) is 16.2. The minimum absolute atomic E-state index is 0.105. The predicted octanol–water partition coefficient (Wildman–Crippen LogP) is 0.844. The van der Waals surface area contributed by atoms with Crippen LogP contribution in [0, 0.1) is 0 Å². The molecule has 1 aromatic carbocycles. The first-order valence-electron chi connectivity index (χ1n) is 9.57. The molecular weight excluding hydrogens is 380 g/mol. The van der Waals surface area contributed by atoms with E-state index in [9.17, 15) is 13.2 Å². The molecule has 0 spiro atoms. The Kier molecular flexibility index (Phi) is 4.26. The summed E-state index contributed by atoms with van der Waals surface area (Å²) in [7, 11) is -3.52. The lowest BCUT2D eigenvalue weighted by molar-refractivity contribution is 0.0297. The van der Waals surface area contributed by atoms with Gasteiger partial charge in [-0.25, -0.2) is 8.42 Å². The van der Waals surface area contributed by atoms with Crippen molar-refractivity contribution in [2.75, 3.05) is 39.4 Å². The van der Waals surface area contributed by atoms with Gasteiger partial charge in [-0.15, -0.1) is 0 Å². The molecule has 4 heterocycles. The maximum absolute atomic E-state index is 13.2. The lowest BCUT2D eigenvalue weighted by Crippen LogP contribution is -2.41. The highest BCUT2D eigenvalue weighted by molar-refractivity contribution is 7.90. The van der Waals surface area contributed by atoms with Crippen molar-refractivity contribution >= 4 is 15.7 Å². The Morgan fingerprint density at radius 1 is 1.21 bits per heavy atom. The van der Waals surface area contributed by atoms with Crippen molar-refractivity contribution in [1.29, 1.82) is 0 Å². The quantitative estimate of drug-likeness (QED) is 0.800. The van der Waals surface area contributed by atoms with Crippen molar-refractivity contribution in [1.82, 2.24) is 20.0 Å². The van der Waals surface area contributed by atoms with E-state index in [4.69, 9.17) is 9.84 Å². The standard InChI is InChI=1S/C19H22N4O4S/c24-19(22-7-9-27-10-8-22)17-15-12-28(25,26)16-4-2-1-3-14(16)18(15)23(21-17)13-5-6-20-11-13/h1-4,13,20H,5-12H2. The van der Waals surface area contributed by atoms with Gasteiger partial charge in [0.2, 0.25) is 0 Å². The van der Waals surface area contributed by atoms with E-state index < -0.39 is 9.84 Å². The van der Waals surface area contributed by atoms with Crippen molar-refractivity contribution in [3.63, 3.8) is 0 Å². The molecule has 0 aliphatic carbocycles. The summed E-state index contributed by atoms with van der Waals surface area (Å²) in [6, 6.07) is 7.13. The maximum Gasteiger partial charge on any atom is 0.274 e. The molecule has 1 N–H and O–H groups in total. The van der Waals surface area contributed by atoms with Gasteiger partial charge < -0.3 is 15.0 Å². The fraction of sp³-hybridized carbons (Fsp3) is 0.474. The summed E-state index contributed by atoms with van der Waals surface area (Å²) in [5.41, 5.74) is 2.21. The third kappa shape index (κ3) is 2.76. The van der Waals surface area contributed by atoms with Gasteiger partial charge in [-0.1, -0.05) is 18.2 Å². The van der Waals surface area contributed by atoms with Crippen molar-refractivity contribution < 1.29 is 17.9 Å². The largest absolute Gasteiger partial charge is 0.378 e. The average Bonchev–Trinajstić information content (AvgIpc) is 3.36. The first kappa shape index (κ1) is 17.8. The minimum atomic E-state index is -3.52. The number of benzene rings is 1. The molecule has 1 aromatic heterocycles. The van der Waals surface area contributed by atoms with Crippen LogP contribution < -0.4 is 5.32 Å². The Morgan fingerprint density at radius 2 is 2.00 bits per heavy atom. The highest BCUT2D eigenvalue weighted by Crippen LogP contribution is 2.41.